The number of rotatable bonds is 6. The van der Waals surface area contributed by atoms with Crippen LogP contribution in [0.3, 0.4) is 0 Å². The lowest BCUT2D eigenvalue weighted by molar-refractivity contribution is -0.700. The maximum absolute atomic E-state index is 12.9. The van der Waals surface area contributed by atoms with E-state index in [0.29, 0.717) is 6.54 Å². The Hall–Kier alpha value is -2.24. The van der Waals surface area contributed by atoms with E-state index in [4.69, 9.17) is 0 Å². The van der Waals surface area contributed by atoms with Crippen molar-refractivity contribution in [1.29, 1.82) is 0 Å². The molecule has 1 amide bonds. The molecule has 2 unspecified atom stereocenters. The molecule has 24 heavy (non-hydrogen) atoms. The minimum Gasteiger partial charge on any atom is -0.382 e. The number of pyridine rings is 1. The Kier molecular flexibility index (Phi) is 5.56. The van der Waals surface area contributed by atoms with E-state index in [1.54, 1.807) is 24.5 Å². The average molecular weight is 326 g/mol. The van der Waals surface area contributed by atoms with Crippen molar-refractivity contribution < 1.29 is 15.2 Å². The third kappa shape index (κ3) is 3.99. The first-order chi connectivity index (χ1) is 11.8. The molecule has 2 aromatic rings. The highest BCUT2D eigenvalue weighted by Gasteiger charge is 2.35. The van der Waals surface area contributed by atoms with Crippen LogP contribution < -0.4 is 5.32 Å². The second-order valence-corrected chi connectivity index (χ2v) is 6.21. The lowest BCUT2D eigenvalue weighted by Crippen LogP contribution is -2.92. The van der Waals surface area contributed by atoms with Gasteiger partial charge in [-0.15, -0.1) is 0 Å². The molecular formula is C19H24N3O2+. The number of carbonyl (C=O) groups is 1. The molecule has 0 saturated carbocycles. The van der Waals surface area contributed by atoms with Crippen molar-refractivity contribution in [2.45, 2.75) is 31.5 Å². The van der Waals surface area contributed by atoms with Crippen LogP contribution in [0.4, 0.5) is 0 Å². The van der Waals surface area contributed by atoms with Gasteiger partial charge in [-0.05, 0) is 30.5 Å². The van der Waals surface area contributed by atoms with E-state index in [-0.39, 0.29) is 5.91 Å². The Morgan fingerprint density at radius 1 is 1.12 bits per heavy atom. The van der Waals surface area contributed by atoms with Gasteiger partial charge in [-0.2, -0.15) is 0 Å². The number of benzene rings is 1. The third-order valence-corrected chi connectivity index (χ3v) is 4.54. The van der Waals surface area contributed by atoms with Gasteiger partial charge in [0.05, 0.1) is 0 Å². The second kappa shape index (κ2) is 8.04. The number of carbonyl (C=O) groups excluding carboxylic acids is 1. The van der Waals surface area contributed by atoms with Crippen LogP contribution in [-0.4, -0.2) is 40.0 Å². The van der Waals surface area contributed by atoms with E-state index in [9.17, 15) is 9.90 Å². The first kappa shape index (κ1) is 16.6. The summed E-state index contributed by atoms with van der Waals surface area (Å²) in [5.74, 6) is 0.0211. The lowest BCUT2D eigenvalue weighted by Gasteiger charge is -2.25. The fourth-order valence-electron chi connectivity index (χ4n) is 3.16. The highest BCUT2D eigenvalue weighted by molar-refractivity contribution is 5.81. The van der Waals surface area contributed by atoms with E-state index in [1.165, 1.54) is 0 Å². The van der Waals surface area contributed by atoms with Crippen LogP contribution in [0.25, 0.3) is 0 Å². The molecule has 1 aromatic carbocycles. The van der Waals surface area contributed by atoms with Crippen LogP contribution in [0.2, 0.25) is 0 Å². The van der Waals surface area contributed by atoms with Crippen LogP contribution in [0.5, 0.6) is 0 Å². The van der Waals surface area contributed by atoms with Crippen LogP contribution in [0.15, 0.2) is 54.9 Å². The van der Waals surface area contributed by atoms with Crippen LogP contribution in [0.1, 0.15) is 30.1 Å². The average Bonchev–Trinajstić information content (AvgIpc) is 3.18. The van der Waals surface area contributed by atoms with E-state index in [1.807, 2.05) is 40.5 Å². The number of likely N-dealkylation sites (tertiary alicyclic amines) is 1. The summed E-state index contributed by atoms with van der Waals surface area (Å²) in [6.07, 6.45) is 4.54. The van der Waals surface area contributed by atoms with Gasteiger partial charge in [0, 0.05) is 31.0 Å². The number of hydrogen-bond acceptors (Lipinski definition) is 3. The van der Waals surface area contributed by atoms with Gasteiger partial charge in [0.2, 0.25) is 0 Å². The number of nitrogens with zero attached hydrogens (tertiary/aromatic N) is 2. The molecule has 3 rings (SSSR count). The molecule has 0 aliphatic carbocycles. The number of nitrogens with two attached hydrogens (primary N) is 1. The first-order valence-corrected chi connectivity index (χ1v) is 8.50. The Morgan fingerprint density at radius 3 is 2.46 bits per heavy atom. The van der Waals surface area contributed by atoms with Crippen molar-refractivity contribution in [3.8, 4) is 0 Å². The van der Waals surface area contributed by atoms with Crippen LogP contribution in [-0.2, 0) is 11.3 Å². The van der Waals surface area contributed by atoms with Gasteiger partial charge in [-0.3, -0.25) is 9.78 Å². The lowest BCUT2D eigenvalue weighted by atomic mass is 10.0. The minimum absolute atomic E-state index is 0.0211. The molecule has 2 atom stereocenters. The Bertz CT molecular complexity index is 642. The summed E-state index contributed by atoms with van der Waals surface area (Å²) in [6.45, 7) is 2.24. The number of aliphatic hydroxyl groups excluding tert-OH is 1. The summed E-state index contributed by atoms with van der Waals surface area (Å²) in [7, 11) is 0. The van der Waals surface area contributed by atoms with Crippen molar-refractivity contribution in [2.75, 3.05) is 13.1 Å². The number of hydrogen-bond donors (Lipinski definition) is 2. The van der Waals surface area contributed by atoms with Gasteiger partial charge in [0.1, 0.15) is 12.6 Å². The van der Waals surface area contributed by atoms with E-state index in [0.717, 1.165) is 37.1 Å². The maximum Gasteiger partial charge on any atom is 0.283 e. The zero-order chi connectivity index (χ0) is 16.8. The van der Waals surface area contributed by atoms with Crippen LogP contribution in [0, 0.1) is 0 Å². The van der Waals surface area contributed by atoms with Gasteiger partial charge >= 0.3 is 0 Å². The number of aromatic nitrogens is 1. The first-order valence-electron chi connectivity index (χ1n) is 8.50. The molecule has 1 aliphatic rings. The molecule has 1 fully saturated rings. The second-order valence-electron chi connectivity index (χ2n) is 6.21. The molecule has 5 nitrogen and oxygen atoms in total. The standard InChI is InChI=1S/C19H23N3O2/c23-18(16-8-10-20-11-9-16)17(19(24)22-12-4-5-13-22)21-14-15-6-2-1-3-7-15/h1-3,6-11,17-18,21,23H,4-5,12-14H2/p+1. The smallest absolute Gasteiger partial charge is 0.283 e. The predicted octanol–water partition coefficient (Wildman–Crippen LogP) is 0.870. The summed E-state index contributed by atoms with van der Waals surface area (Å²) < 4.78 is 0. The summed E-state index contributed by atoms with van der Waals surface area (Å²) in [4.78, 5) is 18.8. The predicted molar refractivity (Wildman–Crippen MR) is 90.9 cm³/mol. The molecular weight excluding hydrogens is 302 g/mol. The van der Waals surface area contributed by atoms with Gasteiger partial charge in [-0.25, -0.2) is 0 Å². The summed E-state index contributed by atoms with van der Waals surface area (Å²) in [6, 6.07) is 13.0. The van der Waals surface area contributed by atoms with Crippen molar-refractivity contribution in [3.63, 3.8) is 0 Å². The fourth-order valence-corrected chi connectivity index (χ4v) is 3.16. The zero-order valence-corrected chi connectivity index (χ0v) is 13.7. The normalized spacial score (nSPS) is 16.8. The largest absolute Gasteiger partial charge is 0.382 e. The van der Waals surface area contributed by atoms with Gasteiger partial charge in [-0.1, -0.05) is 30.3 Å². The van der Waals surface area contributed by atoms with Crippen LogP contribution >= 0.6 is 0 Å². The van der Waals surface area contributed by atoms with E-state index < -0.39 is 12.1 Å². The van der Waals surface area contributed by atoms with Crippen molar-refractivity contribution >= 4 is 5.91 Å². The molecule has 126 valence electrons. The van der Waals surface area contributed by atoms with Gasteiger partial charge in [0.15, 0.2) is 6.04 Å². The Labute approximate surface area is 142 Å². The number of quaternary nitrogens is 1. The molecule has 2 heterocycles. The molecule has 0 spiro atoms. The quantitative estimate of drug-likeness (QED) is 0.827. The summed E-state index contributed by atoms with van der Waals surface area (Å²) >= 11 is 0. The maximum atomic E-state index is 12.9. The number of amides is 1. The molecule has 1 aliphatic heterocycles. The minimum atomic E-state index is -0.843. The van der Waals surface area contributed by atoms with Crippen molar-refractivity contribution in [2.24, 2.45) is 0 Å². The van der Waals surface area contributed by atoms with Crippen molar-refractivity contribution in [3.05, 3.63) is 66.0 Å². The van der Waals surface area contributed by atoms with E-state index in [2.05, 4.69) is 4.98 Å². The summed E-state index contributed by atoms with van der Waals surface area (Å²) in [5.41, 5.74) is 1.87. The van der Waals surface area contributed by atoms with Gasteiger partial charge < -0.3 is 15.3 Å². The molecule has 3 N–H and O–H groups in total. The molecule has 5 heteroatoms. The number of aliphatic hydroxyl groups is 1. The molecule has 0 bridgehead atoms. The highest BCUT2D eigenvalue weighted by Crippen LogP contribution is 2.18. The Morgan fingerprint density at radius 2 is 1.79 bits per heavy atom. The molecule has 1 aromatic heterocycles. The van der Waals surface area contributed by atoms with E-state index >= 15 is 0 Å². The highest BCUT2D eigenvalue weighted by atomic mass is 16.3. The molecule has 1 saturated heterocycles. The molecule has 0 radical (unpaired) electrons. The SMILES string of the molecule is O=C(C([NH2+]Cc1ccccc1)C(O)c1ccncc1)N1CCCC1. The Balaban J connectivity index is 1.76. The monoisotopic (exact) mass is 326 g/mol. The fraction of sp³-hybridized carbons (Fsp3) is 0.368. The van der Waals surface area contributed by atoms with Gasteiger partial charge in [0.25, 0.3) is 5.91 Å². The zero-order valence-electron chi connectivity index (χ0n) is 13.7. The topological polar surface area (TPSA) is 70.0 Å². The van der Waals surface area contributed by atoms with Crippen molar-refractivity contribution in [1.82, 2.24) is 9.88 Å². The third-order valence-electron chi connectivity index (χ3n) is 4.54. The summed E-state index contributed by atoms with van der Waals surface area (Å²) in [5, 5.41) is 12.7.